The van der Waals surface area contributed by atoms with Gasteiger partial charge in [0.2, 0.25) is 6.29 Å². The molecular formula is C8H10NO3. The van der Waals surface area contributed by atoms with Crippen LogP contribution < -0.4 is 0 Å². The van der Waals surface area contributed by atoms with Gasteiger partial charge in [-0.05, 0) is 6.07 Å². The van der Waals surface area contributed by atoms with E-state index in [0.29, 0.717) is 5.69 Å². The van der Waals surface area contributed by atoms with Crippen LogP contribution >= 0.6 is 0 Å². The van der Waals surface area contributed by atoms with E-state index >= 15 is 0 Å². The first-order valence-corrected chi connectivity index (χ1v) is 3.47. The van der Waals surface area contributed by atoms with E-state index in [1.165, 1.54) is 20.3 Å². The second kappa shape index (κ2) is 4.04. The lowest BCUT2D eigenvalue weighted by Gasteiger charge is -2.11. The van der Waals surface area contributed by atoms with E-state index in [1.54, 1.807) is 12.1 Å². The van der Waals surface area contributed by atoms with Crippen LogP contribution in [0.1, 0.15) is 12.0 Å². The predicted octanol–water partition coefficient (Wildman–Crippen LogP) is 1.52. The van der Waals surface area contributed by atoms with E-state index in [4.69, 9.17) is 9.47 Å². The molecule has 0 aromatic carbocycles. The van der Waals surface area contributed by atoms with Crippen LogP contribution in [0, 0.1) is 0 Å². The van der Waals surface area contributed by atoms with Crippen LogP contribution in [-0.2, 0) is 14.6 Å². The van der Waals surface area contributed by atoms with Gasteiger partial charge in [0, 0.05) is 20.3 Å². The Bertz CT molecular complexity index is 248. The zero-order valence-electron chi connectivity index (χ0n) is 6.98. The number of hydrogen-bond donors (Lipinski definition) is 0. The van der Waals surface area contributed by atoms with Gasteiger partial charge in [-0.25, -0.2) is 4.98 Å². The largest absolute Gasteiger partial charge is 0.350 e. The first kappa shape index (κ1) is 8.96. The zero-order chi connectivity index (χ0) is 8.97. The van der Waals surface area contributed by atoms with Gasteiger partial charge in [0.1, 0.15) is 5.69 Å². The molecule has 4 nitrogen and oxygen atoms in total. The molecule has 0 unspecified atom stereocenters. The van der Waals surface area contributed by atoms with Gasteiger partial charge in [0.25, 0.3) is 5.88 Å². The number of aromatic nitrogens is 1. The molecule has 1 aromatic heterocycles. The summed E-state index contributed by atoms with van der Waals surface area (Å²) < 4.78 is 9.83. The van der Waals surface area contributed by atoms with E-state index in [2.05, 4.69) is 4.98 Å². The molecule has 0 N–H and O–H groups in total. The fraction of sp³-hybridized carbons (Fsp3) is 0.375. The molecule has 1 aromatic rings. The number of hydrogen-bond acceptors (Lipinski definition) is 3. The third-order valence-electron chi connectivity index (χ3n) is 1.41. The van der Waals surface area contributed by atoms with E-state index < -0.39 is 6.29 Å². The zero-order valence-corrected chi connectivity index (χ0v) is 6.98. The van der Waals surface area contributed by atoms with E-state index in [1.807, 2.05) is 0 Å². The van der Waals surface area contributed by atoms with Crippen LogP contribution in [0.5, 0.6) is 5.88 Å². The average molecular weight is 168 g/mol. The van der Waals surface area contributed by atoms with Crippen molar-refractivity contribution in [2.24, 2.45) is 0 Å². The van der Waals surface area contributed by atoms with Gasteiger partial charge in [-0.15, -0.1) is 0 Å². The SMILES string of the molecule is COC(OC)c1cccc([O])n1. The number of rotatable bonds is 3. The monoisotopic (exact) mass is 168 g/mol. The molecule has 0 atom stereocenters. The molecule has 0 fully saturated rings. The van der Waals surface area contributed by atoms with E-state index in [-0.39, 0.29) is 5.88 Å². The highest BCUT2D eigenvalue weighted by atomic mass is 16.7. The Kier molecular flexibility index (Phi) is 3.01. The summed E-state index contributed by atoms with van der Waals surface area (Å²) in [6, 6.07) is 4.68. The number of methoxy groups -OCH3 is 2. The van der Waals surface area contributed by atoms with Crippen LogP contribution in [-0.4, -0.2) is 19.2 Å². The van der Waals surface area contributed by atoms with Crippen LogP contribution in [0.4, 0.5) is 0 Å². The molecule has 0 bridgehead atoms. The maximum Gasteiger partial charge on any atom is 0.270 e. The Morgan fingerprint density at radius 1 is 1.33 bits per heavy atom. The van der Waals surface area contributed by atoms with Gasteiger partial charge in [-0.2, -0.15) is 0 Å². The van der Waals surface area contributed by atoms with Gasteiger partial charge in [-0.3, -0.25) is 5.11 Å². The molecule has 1 radical (unpaired) electrons. The molecule has 0 spiro atoms. The van der Waals surface area contributed by atoms with Crippen LogP contribution in [0.25, 0.3) is 0 Å². The molecule has 1 rings (SSSR count). The molecule has 0 amide bonds. The number of ether oxygens (including phenoxy) is 2. The van der Waals surface area contributed by atoms with E-state index in [9.17, 15) is 5.11 Å². The lowest BCUT2D eigenvalue weighted by atomic mass is 10.3. The second-order valence-corrected chi connectivity index (χ2v) is 2.20. The van der Waals surface area contributed by atoms with Crippen molar-refractivity contribution >= 4 is 0 Å². The highest BCUT2D eigenvalue weighted by Crippen LogP contribution is 2.16. The molecule has 0 saturated carbocycles. The topological polar surface area (TPSA) is 51.2 Å². The second-order valence-electron chi connectivity index (χ2n) is 2.20. The third kappa shape index (κ3) is 1.93. The summed E-state index contributed by atoms with van der Waals surface area (Å²) in [6.45, 7) is 0. The predicted molar refractivity (Wildman–Crippen MR) is 41.1 cm³/mol. The van der Waals surface area contributed by atoms with Gasteiger partial charge in [-0.1, -0.05) is 6.07 Å². The molecule has 65 valence electrons. The van der Waals surface area contributed by atoms with Crippen molar-refractivity contribution in [3.63, 3.8) is 0 Å². The minimum atomic E-state index is -0.557. The van der Waals surface area contributed by atoms with Crippen LogP contribution in [0.2, 0.25) is 0 Å². The van der Waals surface area contributed by atoms with Crippen molar-refractivity contribution in [2.45, 2.75) is 6.29 Å². The van der Waals surface area contributed by atoms with Crippen molar-refractivity contribution in [2.75, 3.05) is 14.2 Å². The van der Waals surface area contributed by atoms with Gasteiger partial charge in [0.15, 0.2) is 0 Å². The highest BCUT2D eigenvalue weighted by Gasteiger charge is 2.10. The summed E-state index contributed by atoms with van der Waals surface area (Å²) in [5.41, 5.74) is 0.493. The fourth-order valence-corrected chi connectivity index (χ4v) is 0.900. The highest BCUT2D eigenvalue weighted by molar-refractivity contribution is 5.14. The minimum absolute atomic E-state index is 0.286. The molecular weight excluding hydrogens is 158 g/mol. The molecule has 0 aliphatic carbocycles. The van der Waals surface area contributed by atoms with Crippen molar-refractivity contribution in [3.05, 3.63) is 23.9 Å². The molecule has 12 heavy (non-hydrogen) atoms. The smallest absolute Gasteiger partial charge is 0.270 e. The minimum Gasteiger partial charge on any atom is -0.350 e. The molecule has 0 aliphatic rings. The van der Waals surface area contributed by atoms with Gasteiger partial charge >= 0.3 is 0 Å². The number of nitrogens with zero attached hydrogens (tertiary/aromatic N) is 1. The first-order valence-electron chi connectivity index (χ1n) is 3.47. The quantitative estimate of drug-likeness (QED) is 0.643. The molecule has 1 heterocycles. The maximum atomic E-state index is 10.8. The normalized spacial score (nSPS) is 10.6. The third-order valence-corrected chi connectivity index (χ3v) is 1.41. The first-order chi connectivity index (χ1) is 5.77. The summed E-state index contributed by atoms with van der Waals surface area (Å²) in [5.74, 6) is -0.286. The Morgan fingerprint density at radius 3 is 2.50 bits per heavy atom. The Labute approximate surface area is 70.8 Å². The van der Waals surface area contributed by atoms with Crippen molar-refractivity contribution < 1.29 is 14.6 Å². The summed E-state index contributed by atoms with van der Waals surface area (Å²) >= 11 is 0. The van der Waals surface area contributed by atoms with Crippen LogP contribution in [0.3, 0.4) is 0 Å². The van der Waals surface area contributed by atoms with Crippen molar-refractivity contribution in [3.8, 4) is 5.88 Å². The Balaban J connectivity index is 2.85. The summed E-state index contributed by atoms with van der Waals surface area (Å²) in [5, 5.41) is 10.8. The van der Waals surface area contributed by atoms with Gasteiger partial charge in [0.05, 0.1) is 0 Å². The number of pyridine rings is 1. The lowest BCUT2D eigenvalue weighted by molar-refractivity contribution is -0.108. The van der Waals surface area contributed by atoms with E-state index in [0.717, 1.165) is 0 Å². The maximum absolute atomic E-state index is 10.8. The van der Waals surface area contributed by atoms with Crippen molar-refractivity contribution in [1.29, 1.82) is 0 Å². The fourth-order valence-electron chi connectivity index (χ4n) is 0.900. The standard InChI is InChI=1S/C8H10NO3/c1-11-8(12-2)6-4-3-5-7(10)9-6/h3-5,8H,1-2H3. The van der Waals surface area contributed by atoms with Crippen LogP contribution in [0.15, 0.2) is 18.2 Å². The van der Waals surface area contributed by atoms with Crippen molar-refractivity contribution in [1.82, 2.24) is 4.98 Å². The van der Waals surface area contributed by atoms with Gasteiger partial charge < -0.3 is 9.47 Å². The Hall–Kier alpha value is -1.13. The summed E-state index contributed by atoms with van der Waals surface area (Å²) in [4.78, 5) is 3.71. The lowest BCUT2D eigenvalue weighted by Crippen LogP contribution is -2.05. The molecule has 0 saturated heterocycles. The molecule has 4 heteroatoms. The molecule has 0 aliphatic heterocycles. The summed E-state index contributed by atoms with van der Waals surface area (Å²) in [7, 11) is 2.99. The Morgan fingerprint density at radius 2 is 2.00 bits per heavy atom. The summed E-state index contributed by atoms with van der Waals surface area (Å²) in [6.07, 6.45) is -0.557. The average Bonchev–Trinajstić information content (AvgIpc) is 2.07.